The molecule has 5 rings (SSSR count). The lowest BCUT2D eigenvalue weighted by molar-refractivity contribution is -0.363. The van der Waals surface area contributed by atoms with Crippen LogP contribution < -0.4 is 0 Å². The van der Waals surface area contributed by atoms with Crippen molar-refractivity contribution in [3.8, 4) is 0 Å². The summed E-state index contributed by atoms with van der Waals surface area (Å²) >= 11 is 0. The highest BCUT2D eigenvalue weighted by Gasteiger charge is 2.78. The van der Waals surface area contributed by atoms with Crippen molar-refractivity contribution in [2.45, 2.75) is 134 Å². The summed E-state index contributed by atoms with van der Waals surface area (Å²) in [6, 6.07) is 11.1. The van der Waals surface area contributed by atoms with Gasteiger partial charge in [-0.2, -0.15) is 0 Å². The minimum absolute atomic E-state index is 0.0212. The molecule has 3 fully saturated rings. The highest BCUT2D eigenvalue weighted by Crippen LogP contribution is 2.66. The largest absolute Gasteiger partial charge is 0.455 e. The molecule has 1 unspecified atom stereocenters. The van der Waals surface area contributed by atoms with Crippen molar-refractivity contribution in [2.75, 3.05) is 13.7 Å². The maximum absolute atomic E-state index is 14.1. The van der Waals surface area contributed by atoms with Gasteiger partial charge in [0.25, 0.3) is 0 Å². The Balaban J connectivity index is 1.85. The molecule has 0 spiro atoms. The number of benzene rings is 1. The van der Waals surface area contributed by atoms with Crippen LogP contribution in [0.1, 0.15) is 78.6 Å². The van der Waals surface area contributed by atoms with Gasteiger partial charge in [0.15, 0.2) is 13.9 Å². The predicted octanol–water partition coefficient (Wildman–Crippen LogP) is 4.56. The number of methoxy groups -OCH3 is 1. The van der Waals surface area contributed by atoms with Crippen LogP contribution in [-0.4, -0.2) is 97.1 Å². The summed E-state index contributed by atoms with van der Waals surface area (Å²) in [4.78, 5) is 27.0. The van der Waals surface area contributed by atoms with E-state index in [1.54, 1.807) is 37.3 Å². The van der Waals surface area contributed by atoms with Gasteiger partial charge in [0.1, 0.15) is 23.9 Å². The predicted molar refractivity (Wildman–Crippen MR) is 177 cm³/mol. The molecule has 0 radical (unpaired) electrons. The maximum Gasteiger partial charge on any atom is 0.338 e. The van der Waals surface area contributed by atoms with Gasteiger partial charge in [-0.05, 0) is 48.3 Å². The number of aliphatic hydroxyl groups excluding tert-OH is 2. The number of ether oxygens (including phenoxy) is 4. The van der Waals surface area contributed by atoms with Gasteiger partial charge >= 0.3 is 11.9 Å². The van der Waals surface area contributed by atoms with E-state index in [-0.39, 0.29) is 18.6 Å². The van der Waals surface area contributed by atoms with Crippen molar-refractivity contribution in [3.63, 3.8) is 0 Å². The first-order chi connectivity index (χ1) is 22.0. The summed E-state index contributed by atoms with van der Waals surface area (Å²) in [5, 5.41) is 37.7. The first kappa shape index (κ1) is 36.2. The zero-order valence-corrected chi connectivity index (χ0v) is 30.4. The summed E-state index contributed by atoms with van der Waals surface area (Å²) in [6.07, 6.45) is -5.86. The van der Waals surface area contributed by atoms with Crippen LogP contribution in [0.15, 0.2) is 41.5 Å². The molecule has 262 valence electrons. The molecule has 1 aromatic carbocycles. The molecule has 10 atom stereocenters. The van der Waals surface area contributed by atoms with Gasteiger partial charge < -0.3 is 38.7 Å². The Morgan fingerprint density at radius 2 is 1.66 bits per heavy atom. The number of aliphatic hydroxyl groups is 3. The van der Waals surface area contributed by atoms with Crippen LogP contribution in [0.25, 0.3) is 0 Å². The summed E-state index contributed by atoms with van der Waals surface area (Å²) in [6.45, 7) is 15.0. The summed E-state index contributed by atoms with van der Waals surface area (Å²) in [5.41, 5.74) is -4.34. The number of fused-ring (bicyclic) bond motifs is 5. The van der Waals surface area contributed by atoms with E-state index >= 15 is 0 Å². The van der Waals surface area contributed by atoms with Gasteiger partial charge in [0, 0.05) is 37.7 Å². The third-order valence-electron chi connectivity index (χ3n) is 12.7. The summed E-state index contributed by atoms with van der Waals surface area (Å²) in [7, 11) is -0.837. The second-order valence-corrected chi connectivity index (χ2v) is 19.7. The van der Waals surface area contributed by atoms with Crippen LogP contribution in [0, 0.1) is 16.7 Å². The lowest BCUT2D eigenvalue weighted by atomic mass is 9.44. The lowest BCUT2D eigenvalue weighted by Gasteiger charge is -2.70. The fourth-order valence-electron chi connectivity index (χ4n) is 9.55. The quantitative estimate of drug-likeness (QED) is 0.194. The Labute approximate surface area is 279 Å². The van der Waals surface area contributed by atoms with E-state index in [0.717, 1.165) is 18.1 Å². The van der Waals surface area contributed by atoms with E-state index in [9.17, 15) is 24.9 Å². The zero-order valence-electron chi connectivity index (χ0n) is 29.4. The molecule has 1 aromatic rings. The minimum atomic E-state index is -2.35. The van der Waals surface area contributed by atoms with E-state index in [4.69, 9.17) is 23.4 Å². The average Bonchev–Trinajstić information content (AvgIpc) is 3.03. The van der Waals surface area contributed by atoms with Crippen molar-refractivity contribution < 1.29 is 48.3 Å². The highest BCUT2D eigenvalue weighted by molar-refractivity contribution is 6.73. The van der Waals surface area contributed by atoms with Crippen molar-refractivity contribution in [2.24, 2.45) is 16.7 Å². The minimum Gasteiger partial charge on any atom is -0.455 e. The molecule has 1 heterocycles. The van der Waals surface area contributed by atoms with Crippen molar-refractivity contribution >= 4 is 20.3 Å². The van der Waals surface area contributed by atoms with Gasteiger partial charge in [-0.1, -0.05) is 59.7 Å². The topological polar surface area (TPSA) is 141 Å². The first-order valence-electron chi connectivity index (χ1n) is 17.1. The smallest absolute Gasteiger partial charge is 0.338 e. The Bertz CT molecular complexity index is 1370. The highest BCUT2D eigenvalue weighted by atomic mass is 28.4. The molecule has 0 aromatic heterocycles. The molecule has 2 saturated carbocycles. The van der Waals surface area contributed by atoms with Gasteiger partial charge in [-0.25, -0.2) is 4.79 Å². The SMILES string of the molecule is CC[Si](CC)(CC)O[C@H]1C[C@H]2OC[C@@]2(OC(C)=O)[C@H]2[C@H](OC(=O)c3ccccc3)[C@]3(O)C[C@H](O)C(C)=C([C@@H](OC)C(O)[C@]12C)C3(C)C. The molecule has 10 nitrogen and oxygen atoms in total. The van der Waals surface area contributed by atoms with Crippen molar-refractivity contribution in [1.82, 2.24) is 0 Å². The molecule has 11 heteroatoms. The molecule has 3 aliphatic carbocycles. The van der Waals surface area contributed by atoms with Gasteiger partial charge in [-0.15, -0.1) is 0 Å². The number of esters is 2. The average molecular weight is 675 g/mol. The van der Waals surface area contributed by atoms with Crippen molar-refractivity contribution in [3.05, 3.63) is 47.0 Å². The zero-order chi connectivity index (χ0) is 34.7. The molecule has 2 bridgehead atoms. The van der Waals surface area contributed by atoms with Crippen molar-refractivity contribution in [1.29, 1.82) is 0 Å². The molecule has 1 saturated heterocycles. The number of carbonyl (C=O) groups excluding carboxylic acids is 2. The number of hydrogen-bond acceptors (Lipinski definition) is 10. The van der Waals surface area contributed by atoms with Gasteiger partial charge in [-0.3, -0.25) is 4.79 Å². The van der Waals surface area contributed by atoms with Crippen LogP contribution in [0.4, 0.5) is 0 Å². The van der Waals surface area contributed by atoms with Crippen LogP contribution >= 0.6 is 0 Å². The molecule has 4 aliphatic rings. The molecule has 47 heavy (non-hydrogen) atoms. The Hall–Kier alpha value is -2.12. The van der Waals surface area contributed by atoms with E-state index in [1.807, 2.05) is 20.8 Å². The summed E-state index contributed by atoms with van der Waals surface area (Å²) in [5.74, 6) is -2.26. The third-order valence-corrected chi connectivity index (χ3v) is 17.3. The molecular weight excluding hydrogens is 620 g/mol. The molecular formula is C36H54O10Si. The Kier molecular flexibility index (Phi) is 9.73. The van der Waals surface area contributed by atoms with E-state index in [1.165, 1.54) is 14.0 Å². The van der Waals surface area contributed by atoms with Crippen LogP contribution in [0.5, 0.6) is 0 Å². The molecule has 3 N–H and O–H groups in total. The third kappa shape index (κ3) is 5.27. The fourth-order valence-corrected chi connectivity index (χ4v) is 12.5. The van der Waals surface area contributed by atoms with Crippen LogP contribution in [0.3, 0.4) is 0 Å². The van der Waals surface area contributed by atoms with E-state index in [2.05, 4.69) is 20.8 Å². The van der Waals surface area contributed by atoms with Gasteiger partial charge in [0.2, 0.25) is 0 Å². The first-order valence-corrected chi connectivity index (χ1v) is 19.6. The van der Waals surface area contributed by atoms with Gasteiger partial charge in [0.05, 0.1) is 36.4 Å². The van der Waals surface area contributed by atoms with E-state index < -0.39 is 84.8 Å². The van der Waals surface area contributed by atoms with Crippen LogP contribution in [0.2, 0.25) is 18.1 Å². The monoisotopic (exact) mass is 674 g/mol. The normalized spacial score (nSPS) is 39.4. The lowest BCUT2D eigenvalue weighted by Crippen LogP contribution is -2.82. The maximum atomic E-state index is 14.1. The molecule has 0 amide bonds. The fraction of sp³-hybridized carbons (Fsp3) is 0.722. The standard InChI is InChI=1S/C36H54O10Si/c1-10-47(11-2,12-3)46-25-18-26-35(20-43-26,45-22(5)37)29-31(44-32(40)23-16-14-13-15-17-23)36(41)19-24(38)21(4)27(33(36,6)7)28(42-9)30(39)34(25,29)8/h13-17,24-26,28-31,38-39,41H,10-12,18-20H2,1-9H3/t24-,25-,26+,28+,29-,30?,31-,34+,35-,36+/m0/s1. The number of rotatable bonds is 9. The number of carbonyl (C=O) groups is 2. The Morgan fingerprint density at radius 3 is 2.17 bits per heavy atom. The number of hydrogen-bond donors (Lipinski definition) is 3. The van der Waals surface area contributed by atoms with Crippen LogP contribution in [-0.2, 0) is 28.2 Å². The second-order valence-electron chi connectivity index (χ2n) is 14.9. The second kappa shape index (κ2) is 12.6. The van der Waals surface area contributed by atoms with E-state index in [0.29, 0.717) is 17.6 Å². The Morgan fingerprint density at radius 1 is 1.04 bits per heavy atom. The molecule has 1 aliphatic heterocycles. The summed E-state index contributed by atoms with van der Waals surface area (Å²) < 4.78 is 32.4.